The average Bonchev–Trinajstić information content (AvgIpc) is 2.77. The summed E-state index contributed by atoms with van der Waals surface area (Å²) in [5, 5.41) is 3.11. The number of rotatable bonds is 7. The van der Waals surface area contributed by atoms with Gasteiger partial charge < -0.3 is 5.32 Å². The highest BCUT2D eigenvalue weighted by atomic mass is 127. The molecule has 0 unspecified atom stereocenters. The van der Waals surface area contributed by atoms with Crippen molar-refractivity contribution in [2.45, 2.75) is 46.5 Å². The van der Waals surface area contributed by atoms with Gasteiger partial charge in [-0.25, -0.2) is 0 Å². The first kappa shape index (κ1) is 23.6. The summed E-state index contributed by atoms with van der Waals surface area (Å²) >= 11 is 2.48. The van der Waals surface area contributed by atoms with E-state index in [0.717, 1.165) is 25.9 Å². The Hall–Kier alpha value is -1.65. The molecule has 0 heterocycles. The van der Waals surface area contributed by atoms with Crippen molar-refractivity contribution in [2.75, 3.05) is 13.1 Å². The van der Waals surface area contributed by atoms with Gasteiger partial charge in [-0.1, -0.05) is 94.4 Å². The Morgan fingerprint density at radius 1 is 0.621 bits per heavy atom. The van der Waals surface area contributed by atoms with Gasteiger partial charge in [0.25, 0.3) is 0 Å². The monoisotopic (exact) mass is 499 g/mol. The van der Waals surface area contributed by atoms with Crippen molar-refractivity contribution in [3.05, 3.63) is 104 Å². The molecule has 0 aliphatic carbocycles. The van der Waals surface area contributed by atoms with Crippen LogP contribution in [0.5, 0.6) is 0 Å². The lowest BCUT2D eigenvalue weighted by molar-refractivity contribution is 0.762. The van der Waals surface area contributed by atoms with Crippen LogP contribution in [0, 0.1) is 3.57 Å². The quantitative estimate of drug-likeness (QED) is 0.268. The summed E-state index contributed by atoms with van der Waals surface area (Å²) in [6.07, 6.45) is 2.12. The van der Waals surface area contributed by atoms with E-state index in [1.54, 1.807) is 0 Å². The second-order valence-electron chi connectivity index (χ2n) is 7.02. The second kappa shape index (κ2) is 12.8. The summed E-state index contributed by atoms with van der Waals surface area (Å²) in [5.74, 6) is 0.297. The van der Waals surface area contributed by atoms with Gasteiger partial charge in [0.1, 0.15) is 0 Å². The smallest absolute Gasteiger partial charge is 0.0355 e. The molecule has 0 aliphatic rings. The van der Waals surface area contributed by atoms with Gasteiger partial charge in [0.2, 0.25) is 0 Å². The lowest BCUT2D eigenvalue weighted by Crippen LogP contribution is -2.10. The summed E-state index contributed by atoms with van der Waals surface area (Å²) in [6, 6.07) is 26.6. The number of halogens is 1. The number of benzene rings is 3. The Labute approximate surface area is 191 Å². The molecular weight excluding hydrogens is 465 g/mol. The molecule has 2 heteroatoms. The van der Waals surface area contributed by atoms with Gasteiger partial charge in [0.15, 0.2) is 0 Å². The zero-order chi connectivity index (χ0) is 21.1. The molecule has 3 aromatic rings. The minimum absolute atomic E-state index is 0.297. The summed E-state index contributed by atoms with van der Waals surface area (Å²) in [6.45, 7) is 10.9. The first-order valence-electron chi connectivity index (χ1n) is 10.8. The van der Waals surface area contributed by atoms with Gasteiger partial charge in [-0.15, -0.1) is 0 Å². The lowest BCUT2D eigenvalue weighted by Gasteiger charge is -2.25. The van der Waals surface area contributed by atoms with Crippen LogP contribution in [-0.2, 0) is 12.8 Å². The van der Waals surface area contributed by atoms with Crippen molar-refractivity contribution >= 4 is 22.6 Å². The number of aryl methyl sites for hydroxylation is 2. The molecule has 0 saturated carbocycles. The molecule has 29 heavy (non-hydrogen) atoms. The molecule has 0 atom stereocenters. The highest BCUT2D eigenvalue weighted by Gasteiger charge is 2.22. The van der Waals surface area contributed by atoms with Crippen LogP contribution in [0.1, 0.15) is 61.4 Å². The van der Waals surface area contributed by atoms with Crippen LogP contribution in [0.4, 0.5) is 0 Å². The third kappa shape index (κ3) is 6.42. The van der Waals surface area contributed by atoms with E-state index < -0.39 is 0 Å². The third-order valence-electron chi connectivity index (χ3n) is 5.21. The lowest BCUT2D eigenvalue weighted by atomic mass is 9.80. The van der Waals surface area contributed by atoms with E-state index >= 15 is 0 Å². The normalized spacial score (nSPS) is 10.6. The van der Waals surface area contributed by atoms with E-state index in [2.05, 4.69) is 128 Å². The van der Waals surface area contributed by atoms with Gasteiger partial charge >= 0.3 is 0 Å². The highest BCUT2D eigenvalue weighted by Crippen LogP contribution is 2.38. The van der Waals surface area contributed by atoms with Crippen molar-refractivity contribution < 1.29 is 0 Å². The molecule has 0 bridgehead atoms. The summed E-state index contributed by atoms with van der Waals surface area (Å²) in [7, 11) is 0. The minimum Gasteiger partial charge on any atom is -0.317 e. The zero-order valence-corrected chi connectivity index (χ0v) is 20.4. The van der Waals surface area contributed by atoms with Crippen molar-refractivity contribution in [3.8, 4) is 0 Å². The highest BCUT2D eigenvalue weighted by molar-refractivity contribution is 14.1. The Bertz CT molecular complexity index is 822. The first-order valence-corrected chi connectivity index (χ1v) is 11.9. The Balaban J connectivity index is 0.000000537. The number of hydrogen-bond acceptors (Lipinski definition) is 1. The van der Waals surface area contributed by atoms with Gasteiger partial charge in [-0.3, -0.25) is 0 Å². The van der Waals surface area contributed by atoms with Gasteiger partial charge in [0, 0.05) is 9.49 Å². The van der Waals surface area contributed by atoms with Crippen LogP contribution in [0.3, 0.4) is 0 Å². The predicted molar refractivity (Wildman–Crippen MR) is 136 cm³/mol. The fourth-order valence-electron chi connectivity index (χ4n) is 3.74. The van der Waals surface area contributed by atoms with Crippen LogP contribution in [-0.4, -0.2) is 13.1 Å². The fraction of sp³-hybridized carbons (Fsp3) is 0.333. The Morgan fingerprint density at radius 2 is 1.03 bits per heavy atom. The molecule has 0 aliphatic heterocycles. The van der Waals surface area contributed by atoms with E-state index in [1.165, 1.54) is 31.4 Å². The van der Waals surface area contributed by atoms with Crippen LogP contribution in [0.25, 0.3) is 0 Å². The zero-order valence-electron chi connectivity index (χ0n) is 18.2. The van der Waals surface area contributed by atoms with Crippen molar-refractivity contribution in [1.29, 1.82) is 0 Å². The topological polar surface area (TPSA) is 12.0 Å². The summed E-state index contributed by atoms with van der Waals surface area (Å²) in [5.41, 5.74) is 7.15. The van der Waals surface area contributed by atoms with Crippen LogP contribution in [0.15, 0.2) is 72.8 Å². The number of hydrogen-bond donors (Lipinski definition) is 1. The van der Waals surface area contributed by atoms with Crippen molar-refractivity contribution in [3.63, 3.8) is 0 Å². The molecule has 0 fully saturated rings. The Morgan fingerprint density at radius 3 is 1.41 bits per heavy atom. The van der Waals surface area contributed by atoms with Crippen LogP contribution >= 0.6 is 22.6 Å². The van der Waals surface area contributed by atoms with Crippen molar-refractivity contribution in [1.82, 2.24) is 5.32 Å². The first-order chi connectivity index (χ1) is 14.2. The minimum atomic E-state index is 0.297. The summed E-state index contributed by atoms with van der Waals surface area (Å²) in [4.78, 5) is 0. The van der Waals surface area contributed by atoms with Crippen LogP contribution < -0.4 is 5.32 Å². The molecule has 0 saturated heterocycles. The maximum Gasteiger partial charge on any atom is 0.0355 e. The third-order valence-corrected chi connectivity index (χ3v) is 6.19. The van der Waals surface area contributed by atoms with Crippen molar-refractivity contribution in [2.24, 2.45) is 0 Å². The molecule has 154 valence electrons. The molecular formula is C27H34IN. The fourth-order valence-corrected chi connectivity index (χ4v) is 4.44. The SMILES string of the molecule is CCNCC.CCc1ccccc1C(c1ccccc1I)c1ccccc1CC. The molecule has 0 spiro atoms. The van der Waals surface area contributed by atoms with E-state index in [4.69, 9.17) is 0 Å². The maximum atomic E-state index is 3.11. The molecule has 3 rings (SSSR count). The standard InChI is InChI=1S/C23H23I.C4H11N/c1-3-17-11-5-7-13-19(17)23(21-15-9-10-16-22(21)24)20-14-8-6-12-18(20)4-2;1-3-5-4-2/h5-16,23H,3-4H2,1-2H3;5H,3-4H2,1-2H3. The van der Waals surface area contributed by atoms with Crippen LogP contribution in [0.2, 0.25) is 0 Å². The van der Waals surface area contributed by atoms with Gasteiger partial charge in [-0.2, -0.15) is 0 Å². The average molecular weight is 499 g/mol. The predicted octanol–water partition coefficient (Wildman–Crippen LogP) is 7.21. The molecule has 1 nitrogen and oxygen atoms in total. The van der Waals surface area contributed by atoms with Gasteiger partial charge in [0.05, 0.1) is 0 Å². The molecule has 0 amide bonds. The molecule has 0 aromatic heterocycles. The molecule has 3 aromatic carbocycles. The summed E-state index contributed by atoms with van der Waals surface area (Å²) < 4.78 is 1.33. The Kier molecular flexibility index (Phi) is 10.4. The maximum absolute atomic E-state index is 3.11. The molecule has 0 radical (unpaired) electrons. The largest absolute Gasteiger partial charge is 0.317 e. The number of nitrogens with one attached hydrogen (secondary N) is 1. The van der Waals surface area contributed by atoms with E-state index in [-0.39, 0.29) is 0 Å². The van der Waals surface area contributed by atoms with E-state index in [1.807, 2.05) is 0 Å². The van der Waals surface area contributed by atoms with E-state index in [9.17, 15) is 0 Å². The van der Waals surface area contributed by atoms with Gasteiger partial charge in [-0.05, 0) is 82.4 Å². The molecule has 1 N–H and O–H groups in total. The second-order valence-corrected chi connectivity index (χ2v) is 8.18. The van der Waals surface area contributed by atoms with E-state index in [0.29, 0.717) is 5.92 Å².